The van der Waals surface area contributed by atoms with Gasteiger partial charge in [0.2, 0.25) is 0 Å². The maximum atomic E-state index is 13.5. The van der Waals surface area contributed by atoms with Crippen LogP contribution in [-0.4, -0.2) is 5.88 Å². The number of halogens is 3. The topological polar surface area (TPSA) is 0 Å². The van der Waals surface area contributed by atoms with Gasteiger partial charge in [0.1, 0.15) is 5.82 Å². The van der Waals surface area contributed by atoms with Crippen molar-refractivity contribution in [2.24, 2.45) is 0 Å². The Balaban J connectivity index is 2.76. The summed E-state index contributed by atoms with van der Waals surface area (Å²) in [6.07, 6.45) is 3.42. The molecular weight excluding hydrogens is 234 g/mol. The first-order valence-electron chi connectivity index (χ1n) is 4.79. The molecule has 0 aliphatic carbocycles. The van der Waals surface area contributed by atoms with Gasteiger partial charge in [-0.3, -0.25) is 0 Å². The van der Waals surface area contributed by atoms with Crippen LogP contribution in [0.4, 0.5) is 4.39 Å². The average molecular weight is 247 g/mol. The van der Waals surface area contributed by atoms with Gasteiger partial charge in [-0.25, -0.2) is 4.39 Å². The molecule has 1 aromatic carbocycles. The number of alkyl halides is 1. The Morgan fingerprint density at radius 2 is 2.20 bits per heavy atom. The van der Waals surface area contributed by atoms with Gasteiger partial charge in [0.25, 0.3) is 0 Å². The van der Waals surface area contributed by atoms with Gasteiger partial charge >= 0.3 is 0 Å². The molecule has 0 radical (unpaired) electrons. The first-order chi connectivity index (χ1) is 7.15. The second-order valence-electron chi connectivity index (χ2n) is 3.42. The molecule has 0 aromatic heterocycles. The Bertz CT molecular complexity index is 359. The van der Waals surface area contributed by atoms with Gasteiger partial charge in [-0.15, -0.1) is 11.6 Å². The Labute approximate surface area is 99.7 Å². The van der Waals surface area contributed by atoms with Crippen molar-refractivity contribution in [1.29, 1.82) is 0 Å². The molecule has 1 rings (SSSR count). The van der Waals surface area contributed by atoms with E-state index in [4.69, 9.17) is 23.2 Å². The van der Waals surface area contributed by atoms with Crippen molar-refractivity contribution < 1.29 is 4.39 Å². The molecule has 15 heavy (non-hydrogen) atoms. The zero-order valence-corrected chi connectivity index (χ0v) is 10.1. The lowest BCUT2D eigenvalue weighted by Gasteiger charge is -2.04. The van der Waals surface area contributed by atoms with E-state index in [9.17, 15) is 4.39 Å². The van der Waals surface area contributed by atoms with E-state index in [0.29, 0.717) is 17.9 Å². The minimum absolute atomic E-state index is 0.178. The molecule has 0 aliphatic rings. The first kappa shape index (κ1) is 12.5. The van der Waals surface area contributed by atoms with Crippen LogP contribution in [0.3, 0.4) is 0 Å². The van der Waals surface area contributed by atoms with Crippen LogP contribution in [0, 0.1) is 5.82 Å². The Morgan fingerprint density at radius 3 is 2.87 bits per heavy atom. The summed E-state index contributed by atoms with van der Waals surface area (Å²) in [6.45, 7) is 1.97. The molecule has 0 saturated carbocycles. The van der Waals surface area contributed by atoms with Crippen molar-refractivity contribution in [3.63, 3.8) is 0 Å². The molecule has 3 heteroatoms. The molecule has 0 fully saturated rings. The minimum Gasteiger partial charge on any atom is -0.205 e. The SMILES string of the molecule is C/C(=C/CCCl)Cc1cccc(Cl)c1F. The van der Waals surface area contributed by atoms with Gasteiger partial charge < -0.3 is 0 Å². The van der Waals surface area contributed by atoms with Crippen molar-refractivity contribution in [2.45, 2.75) is 19.8 Å². The number of hydrogen-bond donors (Lipinski definition) is 0. The zero-order chi connectivity index (χ0) is 11.3. The van der Waals surface area contributed by atoms with E-state index in [-0.39, 0.29) is 10.8 Å². The van der Waals surface area contributed by atoms with Crippen molar-refractivity contribution in [2.75, 3.05) is 5.88 Å². The van der Waals surface area contributed by atoms with E-state index in [1.165, 1.54) is 0 Å². The van der Waals surface area contributed by atoms with E-state index >= 15 is 0 Å². The molecule has 0 bridgehead atoms. The number of allylic oxidation sites excluding steroid dienone is 2. The van der Waals surface area contributed by atoms with Crippen LogP contribution in [0.5, 0.6) is 0 Å². The van der Waals surface area contributed by atoms with Crippen molar-refractivity contribution in [3.05, 3.63) is 46.3 Å². The highest BCUT2D eigenvalue weighted by Crippen LogP contribution is 2.20. The van der Waals surface area contributed by atoms with Crippen LogP contribution >= 0.6 is 23.2 Å². The summed E-state index contributed by atoms with van der Waals surface area (Å²) in [6, 6.07) is 5.06. The molecule has 0 aliphatic heterocycles. The fraction of sp³-hybridized carbons (Fsp3) is 0.333. The largest absolute Gasteiger partial charge is 0.205 e. The third-order valence-corrected chi connectivity index (χ3v) is 2.61. The van der Waals surface area contributed by atoms with Gasteiger partial charge in [-0.1, -0.05) is 35.4 Å². The summed E-state index contributed by atoms with van der Waals surface area (Å²) in [5.41, 5.74) is 1.74. The highest BCUT2D eigenvalue weighted by atomic mass is 35.5. The summed E-state index contributed by atoms with van der Waals surface area (Å²) in [4.78, 5) is 0. The molecule has 0 nitrogen and oxygen atoms in total. The zero-order valence-electron chi connectivity index (χ0n) is 8.56. The summed E-state index contributed by atoms with van der Waals surface area (Å²) in [5.74, 6) is 0.271. The maximum absolute atomic E-state index is 13.5. The lowest BCUT2D eigenvalue weighted by Crippen LogP contribution is -1.92. The highest BCUT2D eigenvalue weighted by molar-refractivity contribution is 6.30. The van der Waals surface area contributed by atoms with E-state index in [1.807, 2.05) is 13.0 Å². The van der Waals surface area contributed by atoms with E-state index < -0.39 is 0 Å². The molecule has 0 heterocycles. The number of rotatable bonds is 4. The first-order valence-corrected chi connectivity index (χ1v) is 5.71. The Morgan fingerprint density at radius 1 is 1.47 bits per heavy atom. The molecular formula is C12H13Cl2F. The van der Waals surface area contributed by atoms with Crippen LogP contribution in [0.15, 0.2) is 29.8 Å². The molecule has 0 unspecified atom stereocenters. The standard InChI is InChI=1S/C12H13Cl2F/c1-9(4-3-7-13)8-10-5-2-6-11(14)12(10)15/h2,4-6H,3,7-8H2,1H3/b9-4-. The summed E-state index contributed by atoms with van der Waals surface area (Å²) in [7, 11) is 0. The Hall–Kier alpha value is -0.530. The van der Waals surface area contributed by atoms with Crippen LogP contribution in [-0.2, 0) is 6.42 Å². The average Bonchev–Trinajstić information content (AvgIpc) is 2.22. The molecule has 82 valence electrons. The van der Waals surface area contributed by atoms with Crippen molar-refractivity contribution in [1.82, 2.24) is 0 Å². The van der Waals surface area contributed by atoms with Gasteiger partial charge in [-0.05, 0) is 31.4 Å². The molecule has 1 aromatic rings. The predicted octanol–water partition coefficient (Wildman–Crippen LogP) is 4.60. The van der Waals surface area contributed by atoms with Crippen LogP contribution < -0.4 is 0 Å². The van der Waals surface area contributed by atoms with Crippen molar-refractivity contribution in [3.8, 4) is 0 Å². The lowest BCUT2D eigenvalue weighted by atomic mass is 10.1. The smallest absolute Gasteiger partial charge is 0.145 e. The fourth-order valence-corrected chi connectivity index (χ4v) is 1.66. The van der Waals surface area contributed by atoms with E-state index in [1.54, 1.807) is 18.2 Å². The highest BCUT2D eigenvalue weighted by Gasteiger charge is 2.05. The second kappa shape index (κ2) is 6.14. The lowest BCUT2D eigenvalue weighted by molar-refractivity contribution is 0.614. The molecule has 0 saturated heterocycles. The maximum Gasteiger partial charge on any atom is 0.145 e. The third kappa shape index (κ3) is 3.84. The molecule has 0 spiro atoms. The number of hydrogen-bond acceptors (Lipinski definition) is 0. The minimum atomic E-state index is -0.321. The van der Waals surface area contributed by atoms with E-state index in [2.05, 4.69) is 0 Å². The number of benzene rings is 1. The van der Waals surface area contributed by atoms with Gasteiger partial charge in [0.05, 0.1) is 5.02 Å². The Kier molecular flexibility index (Phi) is 5.13. The van der Waals surface area contributed by atoms with Crippen LogP contribution in [0.25, 0.3) is 0 Å². The predicted molar refractivity (Wildman–Crippen MR) is 64.2 cm³/mol. The van der Waals surface area contributed by atoms with Crippen molar-refractivity contribution >= 4 is 23.2 Å². The van der Waals surface area contributed by atoms with E-state index in [0.717, 1.165) is 12.0 Å². The normalized spacial score (nSPS) is 11.9. The second-order valence-corrected chi connectivity index (χ2v) is 4.20. The molecule has 0 amide bonds. The fourth-order valence-electron chi connectivity index (χ4n) is 1.36. The summed E-state index contributed by atoms with van der Waals surface area (Å²) < 4.78 is 13.5. The molecule has 0 atom stereocenters. The molecule has 0 N–H and O–H groups in total. The summed E-state index contributed by atoms with van der Waals surface area (Å²) in [5, 5.41) is 0.178. The van der Waals surface area contributed by atoms with Crippen LogP contribution in [0.2, 0.25) is 5.02 Å². The van der Waals surface area contributed by atoms with Crippen LogP contribution in [0.1, 0.15) is 18.9 Å². The van der Waals surface area contributed by atoms with Gasteiger partial charge in [0.15, 0.2) is 0 Å². The third-order valence-electron chi connectivity index (χ3n) is 2.10. The quantitative estimate of drug-likeness (QED) is 0.539. The monoisotopic (exact) mass is 246 g/mol. The van der Waals surface area contributed by atoms with Gasteiger partial charge in [0, 0.05) is 5.88 Å². The van der Waals surface area contributed by atoms with Gasteiger partial charge in [-0.2, -0.15) is 0 Å². The summed E-state index contributed by atoms with van der Waals surface area (Å²) >= 11 is 11.3.